The van der Waals surface area contributed by atoms with Crippen LogP contribution in [-0.4, -0.2) is 90.0 Å². The number of aliphatic hydroxyl groups is 2. The first kappa shape index (κ1) is 36.2. The van der Waals surface area contributed by atoms with Crippen molar-refractivity contribution in [1.29, 1.82) is 0 Å². The number of aliphatic hydroxyl groups excluding tert-OH is 2. The second-order valence-electron chi connectivity index (χ2n) is 13.8. The van der Waals surface area contributed by atoms with Gasteiger partial charge in [0.15, 0.2) is 9.74 Å². The van der Waals surface area contributed by atoms with Gasteiger partial charge in [-0.3, -0.25) is 19.2 Å². The second kappa shape index (κ2) is 13.9. The monoisotopic (exact) mass is 736 g/mol. The van der Waals surface area contributed by atoms with Crippen molar-refractivity contribution in [3.05, 3.63) is 48.3 Å². The van der Waals surface area contributed by atoms with Gasteiger partial charge in [-0.05, 0) is 80.4 Å². The van der Waals surface area contributed by atoms with E-state index in [1.165, 1.54) is 56.5 Å². The lowest BCUT2D eigenvalue weighted by Gasteiger charge is -2.51. The molecule has 0 aromatic rings. The molecular formula is C34H44N2O10S3. The molecule has 12 nitrogen and oxygen atoms in total. The lowest BCUT2D eigenvalue weighted by atomic mass is 9.91. The molecule has 5 saturated heterocycles. The molecule has 0 aromatic heterocycles. The predicted octanol–water partition coefficient (Wildman–Crippen LogP) is 4.40. The zero-order chi connectivity index (χ0) is 35.4. The van der Waals surface area contributed by atoms with Crippen LogP contribution in [0.1, 0.15) is 67.2 Å². The third-order valence-electron chi connectivity index (χ3n) is 10.9. The summed E-state index contributed by atoms with van der Waals surface area (Å²) in [6.45, 7) is 10.8. The molecule has 7 aliphatic rings. The first-order valence-corrected chi connectivity index (χ1v) is 20.3. The molecule has 2 bridgehead atoms. The number of hydrogen-bond donors (Lipinski definition) is 2. The summed E-state index contributed by atoms with van der Waals surface area (Å²) in [5.74, 6) is -3.81. The minimum atomic E-state index is -1.41. The van der Waals surface area contributed by atoms with Gasteiger partial charge in [-0.1, -0.05) is 40.5 Å². The van der Waals surface area contributed by atoms with Crippen LogP contribution < -0.4 is 0 Å². The largest absolute Gasteiger partial charge is 0.473 e. The van der Waals surface area contributed by atoms with Crippen LogP contribution in [0.2, 0.25) is 0 Å². The Kier molecular flexibility index (Phi) is 10.2. The average Bonchev–Trinajstić information content (AvgIpc) is 3.33. The molecule has 12 atom stereocenters. The fourth-order valence-corrected chi connectivity index (χ4v) is 13.4. The van der Waals surface area contributed by atoms with E-state index in [0.29, 0.717) is 24.0 Å². The normalized spacial score (nSPS) is 34.9. The molecule has 7 unspecified atom stereocenters. The van der Waals surface area contributed by atoms with Crippen LogP contribution in [0.15, 0.2) is 48.3 Å². The molecule has 7 heterocycles. The number of piperazine rings is 1. The summed E-state index contributed by atoms with van der Waals surface area (Å²) in [6.07, 6.45) is 6.75. The van der Waals surface area contributed by atoms with Crippen molar-refractivity contribution in [2.24, 2.45) is 23.7 Å². The standard InChI is InChI=1S/C34H44N2O10S3/c1-7-17(3)27(37)19(5)29(39)45-23-9-11-43-15-21-13-33-32(42)36-26-22(14-34(36,48-49-47-33)31(41)35(33)25(21)23)16-44-12-10-24(26)46-30(40)20(6)28(38)18(4)8-2/h9-12,15-20,23-28,37-38H,7-8,13-14H2,1-6H3/t17?,18?,19?,20?,23-,24?,25-,26-,27?,28?,33+,34-/m0/s1. The van der Waals surface area contributed by atoms with Crippen LogP contribution in [0.3, 0.4) is 0 Å². The average molecular weight is 737 g/mol. The lowest BCUT2D eigenvalue weighted by molar-refractivity contribution is -0.174. The Balaban J connectivity index is 1.33. The molecule has 0 saturated carbocycles. The van der Waals surface area contributed by atoms with Gasteiger partial charge in [0, 0.05) is 12.8 Å². The molecule has 0 aromatic carbocycles. The highest BCUT2D eigenvalue weighted by atomic mass is 33.5. The summed E-state index contributed by atoms with van der Waals surface area (Å²) in [5.41, 5.74) is 1.23. The van der Waals surface area contributed by atoms with E-state index in [1.807, 2.05) is 27.7 Å². The fourth-order valence-electron chi connectivity index (χ4n) is 7.45. The minimum Gasteiger partial charge on any atom is -0.473 e. The molecule has 2 N–H and O–H groups in total. The lowest BCUT2D eigenvalue weighted by Crippen LogP contribution is -2.73. The highest BCUT2D eigenvalue weighted by Crippen LogP contribution is 2.69. The van der Waals surface area contributed by atoms with Gasteiger partial charge in [0.25, 0.3) is 11.8 Å². The van der Waals surface area contributed by atoms with Crippen LogP contribution in [0.25, 0.3) is 0 Å². The Morgan fingerprint density at radius 2 is 1.18 bits per heavy atom. The van der Waals surface area contributed by atoms with Gasteiger partial charge in [0.1, 0.15) is 12.2 Å². The van der Waals surface area contributed by atoms with Crippen molar-refractivity contribution in [1.82, 2.24) is 9.80 Å². The zero-order valence-electron chi connectivity index (χ0n) is 28.3. The van der Waals surface area contributed by atoms with Crippen LogP contribution in [-0.2, 0) is 38.1 Å². The molecule has 2 amide bonds. The zero-order valence-corrected chi connectivity index (χ0v) is 30.8. The molecule has 0 radical (unpaired) electrons. The Hall–Kier alpha value is -2.59. The van der Waals surface area contributed by atoms with Crippen LogP contribution >= 0.6 is 31.4 Å². The Labute approximate surface area is 297 Å². The first-order chi connectivity index (χ1) is 23.3. The molecule has 49 heavy (non-hydrogen) atoms. The number of ether oxygens (including phenoxy) is 4. The molecule has 7 aliphatic heterocycles. The van der Waals surface area contributed by atoms with Crippen molar-refractivity contribution < 1.29 is 48.3 Å². The molecule has 15 heteroatoms. The maximum Gasteiger partial charge on any atom is 0.311 e. The number of hydrogen-bond acceptors (Lipinski definition) is 13. The van der Waals surface area contributed by atoms with Crippen molar-refractivity contribution in [2.75, 3.05) is 0 Å². The molecule has 5 fully saturated rings. The topological polar surface area (TPSA) is 152 Å². The molecule has 2 spiro atoms. The number of carbonyl (C=O) groups is 4. The molecule has 7 rings (SSSR count). The Morgan fingerprint density at radius 3 is 1.55 bits per heavy atom. The summed E-state index contributed by atoms with van der Waals surface area (Å²) in [4.78, 5) is 57.2. The van der Waals surface area contributed by atoms with E-state index in [1.54, 1.807) is 35.8 Å². The minimum absolute atomic E-state index is 0.120. The van der Waals surface area contributed by atoms with Gasteiger partial charge >= 0.3 is 11.9 Å². The number of fused-ring (bicyclic) bond motifs is 4. The van der Waals surface area contributed by atoms with Crippen LogP contribution in [0.4, 0.5) is 0 Å². The quantitative estimate of drug-likeness (QED) is 0.241. The van der Waals surface area contributed by atoms with Crippen molar-refractivity contribution in [3.63, 3.8) is 0 Å². The summed E-state index contributed by atoms with van der Waals surface area (Å²) < 4.78 is 23.3. The number of carbonyl (C=O) groups excluding carboxylic acids is 4. The summed E-state index contributed by atoms with van der Waals surface area (Å²) in [6, 6.07) is -1.66. The van der Waals surface area contributed by atoms with E-state index in [0.717, 1.165) is 0 Å². The number of rotatable bonds is 10. The maximum absolute atomic E-state index is 15.0. The summed E-state index contributed by atoms with van der Waals surface area (Å²) in [7, 11) is 3.90. The van der Waals surface area contributed by atoms with Gasteiger partial charge in [0.05, 0.1) is 61.2 Å². The van der Waals surface area contributed by atoms with Gasteiger partial charge in [-0.25, -0.2) is 0 Å². The van der Waals surface area contributed by atoms with E-state index >= 15 is 9.59 Å². The molecular weight excluding hydrogens is 693 g/mol. The summed E-state index contributed by atoms with van der Waals surface area (Å²) >= 11 is 0. The van der Waals surface area contributed by atoms with Crippen LogP contribution in [0, 0.1) is 23.7 Å². The van der Waals surface area contributed by atoms with Crippen molar-refractivity contribution in [2.45, 2.75) is 113 Å². The molecule has 0 aliphatic carbocycles. The number of esters is 2. The van der Waals surface area contributed by atoms with Gasteiger partial charge in [-0.15, -0.1) is 0 Å². The fraction of sp³-hybridized carbons (Fsp3) is 0.647. The third-order valence-corrected chi connectivity index (χ3v) is 15.9. The van der Waals surface area contributed by atoms with Gasteiger partial charge in [0.2, 0.25) is 0 Å². The van der Waals surface area contributed by atoms with E-state index in [2.05, 4.69) is 0 Å². The van der Waals surface area contributed by atoms with E-state index in [9.17, 15) is 19.8 Å². The molecule has 268 valence electrons. The first-order valence-electron chi connectivity index (χ1n) is 16.8. The van der Waals surface area contributed by atoms with Crippen molar-refractivity contribution >= 4 is 55.2 Å². The Bertz CT molecular complexity index is 1390. The van der Waals surface area contributed by atoms with Gasteiger partial charge in [-0.2, -0.15) is 0 Å². The summed E-state index contributed by atoms with van der Waals surface area (Å²) in [5, 5.41) is 21.5. The van der Waals surface area contributed by atoms with Crippen LogP contribution in [0.5, 0.6) is 0 Å². The van der Waals surface area contributed by atoms with E-state index in [-0.39, 0.29) is 36.5 Å². The van der Waals surface area contributed by atoms with Crippen molar-refractivity contribution in [3.8, 4) is 0 Å². The SMILES string of the molecule is CCC(C)C(O)C(C)C(=O)OC1C=COC=C2C[C@]34SSS[C@]5(CC6=COC=C[C@H](OC(=O)C(C)C(O)C(C)CC)[C@H]6N5C3=O)C(=O)N4[C@@H]21. The van der Waals surface area contributed by atoms with E-state index < -0.39 is 70.0 Å². The Morgan fingerprint density at radius 1 is 0.796 bits per heavy atom. The highest BCUT2D eigenvalue weighted by Gasteiger charge is 2.76. The third kappa shape index (κ3) is 5.81. The highest BCUT2D eigenvalue weighted by molar-refractivity contribution is 9.10. The smallest absolute Gasteiger partial charge is 0.311 e. The van der Waals surface area contributed by atoms with E-state index in [4.69, 9.17) is 18.9 Å². The number of nitrogens with zero attached hydrogens (tertiary/aromatic N) is 2. The number of amides is 2. The van der Waals surface area contributed by atoms with Gasteiger partial charge < -0.3 is 39.0 Å². The predicted molar refractivity (Wildman–Crippen MR) is 184 cm³/mol. The maximum atomic E-state index is 15.0. The second-order valence-corrected chi connectivity index (χ2v) is 18.3.